The quantitative estimate of drug-likeness (QED) is 0.724. The summed E-state index contributed by atoms with van der Waals surface area (Å²) in [5.41, 5.74) is 7.58. The van der Waals surface area contributed by atoms with E-state index in [-0.39, 0.29) is 6.54 Å². The molecular formula is C14H13F2N5. The lowest BCUT2D eigenvalue weighted by Gasteiger charge is -2.08. The van der Waals surface area contributed by atoms with E-state index in [1.54, 1.807) is 24.4 Å². The summed E-state index contributed by atoms with van der Waals surface area (Å²) < 4.78 is 26.5. The van der Waals surface area contributed by atoms with Gasteiger partial charge in [-0.3, -0.25) is 0 Å². The van der Waals surface area contributed by atoms with E-state index in [1.165, 1.54) is 10.9 Å². The molecule has 0 atom stereocenters. The summed E-state index contributed by atoms with van der Waals surface area (Å²) in [7, 11) is 0. The molecule has 3 rings (SSSR count). The van der Waals surface area contributed by atoms with Crippen LogP contribution < -0.4 is 11.1 Å². The van der Waals surface area contributed by atoms with Crippen LogP contribution in [0, 0.1) is 0 Å². The first kappa shape index (κ1) is 13.3. The Balaban J connectivity index is 1.95. The first-order chi connectivity index (χ1) is 10.1. The number of nitrogens with one attached hydrogen (secondary N) is 1. The number of aromatic nitrogens is 3. The molecule has 108 valence electrons. The summed E-state index contributed by atoms with van der Waals surface area (Å²) in [6.07, 6.45) is 0.507. The third-order valence-electron chi connectivity index (χ3n) is 3.06. The Morgan fingerprint density at radius 3 is 2.62 bits per heavy atom. The monoisotopic (exact) mass is 289 g/mol. The summed E-state index contributed by atoms with van der Waals surface area (Å²) in [5, 5.41) is 3.82. The highest BCUT2D eigenvalue weighted by Crippen LogP contribution is 2.24. The van der Waals surface area contributed by atoms with Crippen LogP contribution in [0.1, 0.15) is 0 Å². The van der Waals surface area contributed by atoms with Gasteiger partial charge >= 0.3 is 0 Å². The van der Waals surface area contributed by atoms with E-state index in [0.717, 1.165) is 5.69 Å². The zero-order valence-electron chi connectivity index (χ0n) is 11.0. The number of rotatable bonds is 4. The number of nitrogens with zero attached hydrogens (tertiary/aromatic N) is 3. The van der Waals surface area contributed by atoms with Gasteiger partial charge in [-0.15, -0.1) is 0 Å². The molecule has 1 aromatic carbocycles. The van der Waals surface area contributed by atoms with E-state index in [2.05, 4.69) is 15.3 Å². The van der Waals surface area contributed by atoms with Gasteiger partial charge in [0.2, 0.25) is 0 Å². The fourth-order valence-corrected chi connectivity index (χ4v) is 2.10. The highest BCUT2D eigenvalue weighted by molar-refractivity contribution is 5.89. The molecule has 2 heterocycles. The lowest BCUT2D eigenvalue weighted by atomic mass is 10.3. The molecule has 0 aliphatic heterocycles. The van der Waals surface area contributed by atoms with Gasteiger partial charge in [0, 0.05) is 17.6 Å². The summed E-state index contributed by atoms with van der Waals surface area (Å²) in [4.78, 5) is 8.23. The number of anilines is 3. The van der Waals surface area contributed by atoms with E-state index in [1.807, 2.05) is 12.1 Å². The smallest absolute Gasteiger partial charge is 0.256 e. The fourth-order valence-electron chi connectivity index (χ4n) is 2.10. The second kappa shape index (κ2) is 5.35. The van der Waals surface area contributed by atoms with Crippen LogP contribution in [0.25, 0.3) is 11.0 Å². The van der Waals surface area contributed by atoms with Gasteiger partial charge in [0.1, 0.15) is 17.8 Å². The molecule has 0 bridgehead atoms. The zero-order valence-corrected chi connectivity index (χ0v) is 11.0. The molecule has 0 saturated heterocycles. The fraction of sp³-hybridized carbons (Fsp3) is 0.143. The minimum absolute atomic E-state index is 0.387. The van der Waals surface area contributed by atoms with Crippen LogP contribution in [-0.4, -0.2) is 21.0 Å². The molecule has 21 heavy (non-hydrogen) atoms. The van der Waals surface area contributed by atoms with Crippen LogP contribution in [-0.2, 0) is 6.54 Å². The van der Waals surface area contributed by atoms with Crippen molar-refractivity contribution in [2.24, 2.45) is 0 Å². The molecule has 3 aromatic rings. The van der Waals surface area contributed by atoms with Crippen LogP contribution in [0.5, 0.6) is 0 Å². The molecular weight excluding hydrogens is 276 g/mol. The minimum atomic E-state index is -2.43. The third kappa shape index (κ3) is 2.76. The van der Waals surface area contributed by atoms with E-state index in [4.69, 9.17) is 5.73 Å². The number of halogens is 2. The lowest BCUT2D eigenvalue weighted by Crippen LogP contribution is -2.06. The molecule has 0 aliphatic carbocycles. The number of alkyl halides is 2. The maximum atomic E-state index is 12.5. The standard InChI is InChI=1S/C14H13F2N5/c15-12(16)7-21-6-5-11-13(18-8-19-14(11)21)20-10-3-1-9(17)2-4-10/h1-6,8,12H,7,17H2,(H,18,19,20). The van der Waals surface area contributed by atoms with E-state index in [0.29, 0.717) is 22.5 Å². The maximum Gasteiger partial charge on any atom is 0.256 e. The molecule has 7 heteroatoms. The number of hydrogen-bond acceptors (Lipinski definition) is 4. The van der Waals surface area contributed by atoms with Gasteiger partial charge in [0.25, 0.3) is 6.43 Å². The van der Waals surface area contributed by atoms with Gasteiger partial charge < -0.3 is 15.6 Å². The average Bonchev–Trinajstić information content (AvgIpc) is 2.85. The number of fused-ring (bicyclic) bond motifs is 1. The molecule has 0 saturated carbocycles. The number of hydrogen-bond donors (Lipinski definition) is 2. The van der Waals surface area contributed by atoms with E-state index >= 15 is 0 Å². The van der Waals surface area contributed by atoms with Gasteiger partial charge in [-0.1, -0.05) is 0 Å². The molecule has 0 unspecified atom stereocenters. The maximum absolute atomic E-state index is 12.5. The van der Waals surface area contributed by atoms with Crippen molar-refractivity contribution < 1.29 is 8.78 Å². The minimum Gasteiger partial charge on any atom is -0.399 e. The number of nitrogens with two attached hydrogens (primary N) is 1. The Morgan fingerprint density at radius 1 is 1.14 bits per heavy atom. The van der Waals surface area contributed by atoms with E-state index < -0.39 is 6.43 Å². The predicted octanol–water partition coefficient (Wildman–Crippen LogP) is 3.02. The highest BCUT2D eigenvalue weighted by atomic mass is 19.3. The second-order valence-electron chi connectivity index (χ2n) is 4.57. The number of nitrogen functional groups attached to an aromatic ring is 1. The van der Waals surface area contributed by atoms with Crippen molar-refractivity contribution in [3.63, 3.8) is 0 Å². The van der Waals surface area contributed by atoms with Crippen LogP contribution in [0.15, 0.2) is 42.9 Å². The van der Waals surface area contributed by atoms with Crippen molar-refractivity contribution in [3.05, 3.63) is 42.9 Å². The Hall–Kier alpha value is -2.70. The molecule has 0 aliphatic rings. The molecule has 2 aromatic heterocycles. The Bertz CT molecular complexity index is 752. The highest BCUT2D eigenvalue weighted by Gasteiger charge is 2.11. The zero-order chi connectivity index (χ0) is 14.8. The van der Waals surface area contributed by atoms with Crippen molar-refractivity contribution >= 4 is 28.2 Å². The first-order valence-electron chi connectivity index (χ1n) is 6.34. The van der Waals surface area contributed by atoms with Gasteiger partial charge in [0.15, 0.2) is 0 Å². The number of benzene rings is 1. The van der Waals surface area contributed by atoms with E-state index in [9.17, 15) is 8.78 Å². The molecule has 0 radical (unpaired) electrons. The summed E-state index contributed by atoms with van der Waals surface area (Å²) in [6, 6.07) is 8.89. The Labute approximate surface area is 119 Å². The van der Waals surface area contributed by atoms with Crippen molar-refractivity contribution in [3.8, 4) is 0 Å². The normalized spacial score (nSPS) is 11.2. The van der Waals surface area contributed by atoms with Crippen LogP contribution in [0.2, 0.25) is 0 Å². The van der Waals surface area contributed by atoms with Crippen molar-refractivity contribution in [2.45, 2.75) is 13.0 Å². The van der Waals surface area contributed by atoms with Crippen LogP contribution in [0.3, 0.4) is 0 Å². The van der Waals surface area contributed by atoms with Crippen molar-refractivity contribution in [1.29, 1.82) is 0 Å². The first-order valence-corrected chi connectivity index (χ1v) is 6.34. The van der Waals surface area contributed by atoms with Crippen LogP contribution >= 0.6 is 0 Å². The molecule has 0 fully saturated rings. The topological polar surface area (TPSA) is 68.8 Å². The predicted molar refractivity (Wildman–Crippen MR) is 77.7 cm³/mol. The third-order valence-corrected chi connectivity index (χ3v) is 3.06. The van der Waals surface area contributed by atoms with Crippen molar-refractivity contribution in [1.82, 2.24) is 14.5 Å². The largest absolute Gasteiger partial charge is 0.399 e. The van der Waals surface area contributed by atoms with Gasteiger partial charge in [-0.25, -0.2) is 18.7 Å². The summed E-state index contributed by atoms with van der Waals surface area (Å²) in [6.45, 7) is -0.387. The molecule has 0 spiro atoms. The summed E-state index contributed by atoms with van der Waals surface area (Å²) >= 11 is 0. The lowest BCUT2D eigenvalue weighted by molar-refractivity contribution is 0.128. The molecule has 5 nitrogen and oxygen atoms in total. The second-order valence-corrected chi connectivity index (χ2v) is 4.57. The summed E-state index contributed by atoms with van der Waals surface area (Å²) in [5.74, 6) is 0.567. The van der Waals surface area contributed by atoms with Crippen LogP contribution in [0.4, 0.5) is 26.0 Å². The van der Waals surface area contributed by atoms with Gasteiger partial charge in [0.05, 0.1) is 11.9 Å². The Morgan fingerprint density at radius 2 is 1.90 bits per heavy atom. The SMILES string of the molecule is Nc1ccc(Nc2ncnc3c2ccn3CC(F)F)cc1. The van der Waals surface area contributed by atoms with Gasteiger partial charge in [-0.05, 0) is 30.3 Å². The molecule has 3 N–H and O–H groups in total. The Kier molecular flexibility index (Phi) is 3.39. The van der Waals surface area contributed by atoms with Gasteiger partial charge in [-0.2, -0.15) is 0 Å². The van der Waals surface area contributed by atoms with Crippen molar-refractivity contribution in [2.75, 3.05) is 11.1 Å². The average molecular weight is 289 g/mol. The molecule has 0 amide bonds.